The zero-order chi connectivity index (χ0) is 15.9. The average Bonchev–Trinajstić information content (AvgIpc) is 3.01. The minimum Gasteiger partial charge on any atom is -0.342 e. The van der Waals surface area contributed by atoms with E-state index in [9.17, 15) is 9.59 Å². The highest BCUT2D eigenvalue weighted by Crippen LogP contribution is 2.16. The highest BCUT2D eigenvalue weighted by molar-refractivity contribution is 5.85. The van der Waals surface area contributed by atoms with E-state index in [4.69, 9.17) is 5.73 Å². The van der Waals surface area contributed by atoms with Crippen molar-refractivity contribution in [3.8, 4) is 0 Å². The number of rotatable bonds is 6. The molecule has 1 unspecified atom stereocenters. The molecule has 1 aliphatic heterocycles. The maximum Gasteiger partial charge on any atom is 0.224 e. The Morgan fingerprint density at radius 2 is 2.00 bits per heavy atom. The van der Waals surface area contributed by atoms with Crippen LogP contribution in [0, 0.1) is 5.92 Å². The van der Waals surface area contributed by atoms with Crippen LogP contribution in [-0.4, -0.2) is 47.8 Å². The molecule has 5 nitrogen and oxygen atoms in total. The monoisotopic (exact) mass is 339 g/mol. The Kier molecular flexibility index (Phi) is 8.06. The first-order valence-electron chi connectivity index (χ1n) is 7.87. The number of carbonyl (C=O) groups is 2. The summed E-state index contributed by atoms with van der Waals surface area (Å²) in [6.07, 6.45) is 1.37. The lowest BCUT2D eigenvalue weighted by molar-refractivity contribution is -0.133. The van der Waals surface area contributed by atoms with Gasteiger partial charge in [-0.25, -0.2) is 0 Å². The Balaban J connectivity index is 0.00000264. The molecule has 1 fully saturated rings. The Morgan fingerprint density at radius 3 is 2.57 bits per heavy atom. The third-order valence-electron chi connectivity index (χ3n) is 4.23. The SMILES string of the molecule is CC(=O)N(CCC(=O)N1CCC(CN)C1)Cc1ccccc1.Cl. The van der Waals surface area contributed by atoms with E-state index in [1.54, 1.807) is 11.8 Å². The molecule has 23 heavy (non-hydrogen) atoms. The van der Waals surface area contributed by atoms with E-state index in [-0.39, 0.29) is 24.2 Å². The van der Waals surface area contributed by atoms with Crippen LogP contribution in [0.15, 0.2) is 30.3 Å². The fraction of sp³-hybridized carbons (Fsp3) is 0.529. The number of hydrogen-bond donors (Lipinski definition) is 1. The second-order valence-electron chi connectivity index (χ2n) is 5.91. The van der Waals surface area contributed by atoms with Gasteiger partial charge in [-0.1, -0.05) is 30.3 Å². The Morgan fingerprint density at radius 1 is 1.30 bits per heavy atom. The second kappa shape index (κ2) is 9.53. The first-order chi connectivity index (χ1) is 10.6. The summed E-state index contributed by atoms with van der Waals surface area (Å²) >= 11 is 0. The summed E-state index contributed by atoms with van der Waals surface area (Å²) in [5.41, 5.74) is 6.73. The van der Waals surface area contributed by atoms with Crippen LogP contribution >= 0.6 is 12.4 Å². The van der Waals surface area contributed by atoms with Crippen molar-refractivity contribution in [3.05, 3.63) is 35.9 Å². The fourth-order valence-corrected chi connectivity index (χ4v) is 2.79. The van der Waals surface area contributed by atoms with Gasteiger partial charge in [0.05, 0.1) is 0 Å². The predicted octanol–water partition coefficient (Wildman–Crippen LogP) is 1.65. The summed E-state index contributed by atoms with van der Waals surface area (Å²) in [5, 5.41) is 0. The highest BCUT2D eigenvalue weighted by atomic mass is 35.5. The van der Waals surface area contributed by atoms with Crippen molar-refractivity contribution in [1.82, 2.24) is 9.80 Å². The summed E-state index contributed by atoms with van der Waals surface area (Å²) in [4.78, 5) is 27.6. The van der Waals surface area contributed by atoms with Gasteiger partial charge < -0.3 is 15.5 Å². The zero-order valence-electron chi connectivity index (χ0n) is 13.6. The molecule has 6 heteroatoms. The van der Waals surface area contributed by atoms with E-state index in [1.807, 2.05) is 35.2 Å². The topological polar surface area (TPSA) is 66.6 Å². The fourth-order valence-electron chi connectivity index (χ4n) is 2.79. The van der Waals surface area contributed by atoms with Crippen LogP contribution in [-0.2, 0) is 16.1 Å². The van der Waals surface area contributed by atoms with Crippen molar-refractivity contribution in [2.24, 2.45) is 11.7 Å². The average molecular weight is 340 g/mol. The molecule has 1 aromatic carbocycles. The van der Waals surface area contributed by atoms with E-state index in [0.29, 0.717) is 32.0 Å². The molecule has 1 atom stereocenters. The van der Waals surface area contributed by atoms with Crippen molar-refractivity contribution < 1.29 is 9.59 Å². The third-order valence-corrected chi connectivity index (χ3v) is 4.23. The Bertz CT molecular complexity index is 510. The lowest BCUT2D eigenvalue weighted by Crippen LogP contribution is -2.35. The number of nitrogens with two attached hydrogens (primary N) is 1. The molecule has 0 bridgehead atoms. The van der Waals surface area contributed by atoms with E-state index in [0.717, 1.165) is 25.1 Å². The summed E-state index contributed by atoms with van der Waals surface area (Å²) in [6, 6.07) is 9.84. The molecule has 2 rings (SSSR count). The van der Waals surface area contributed by atoms with Gasteiger partial charge in [-0.15, -0.1) is 12.4 Å². The van der Waals surface area contributed by atoms with Gasteiger partial charge in [0.25, 0.3) is 0 Å². The van der Waals surface area contributed by atoms with Crippen LogP contribution in [0.3, 0.4) is 0 Å². The first kappa shape index (κ1) is 19.5. The van der Waals surface area contributed by atoms with Gasteiger partial charge in [-0.3, -0.25) is 9.59 Å². The van der Waals surface area contributed by atoms with Crippen LogP contribution in [0.5, 0.6) is 0 Å². The number of likely N-dealkylation sites (tertiary alicyclic amines) is 1. The predicted molar refractivity (Wildman–Crippen MR) is 93.1 cm³/mol. The molecule has 1 aromatic rings. The normalized spacial score (nSPS) is 16.8. The Hall–Kier alpha value is -1.59. The van der Waals surface area contributed by atoms with Crippen molar-refractivity contribution in [1.29, 1.82) is 0 Å². The van der Waals surface area contributed by atoms with Crippen LogP contribution in [0.2, 0.25) is 0 Å². The van der Waals surface area contributed by atoms with E-state index in [1.165, 1.54) is 0 Å². The maximum absolute atomic E-state index is 12.2. The molecule has 128 valence electrons. The van der Waals surface area contributed by atoms with Crippen LogP contribution in [0.4, 0.5) is 0 Å². The molecule has 0 aliphatic carbocycles. The van der Waals surface area contributed by atoms with Crippen LogP contribution in [0.1, 0.15) is 25.3 Å². The van der Waals surface area contributed by atoms with Gasteiger partial charge in [-0.2, -0.15) is 0 Å². The maximum atomic E-state index is 12.2. The van der Waals surface area contributed by atoms with Gasteiger partial charge in [-0.05, 0) is 24.4 Å². The molecular weight excluding hydrogens is 314 g/mol. The molecule has 1 heterocycles. The summed E-state index contributed by atoms with van der Waals surface area (Å²) < 4.78 is 0. The summed E-state index contributed by atoms with van der Waals surface area (Å²) in [7, 11) is 0. The molecule has 0 saturated carbocycles. The number of benzene rings is 1. The number of carbonyl (C=O) groups excluding carboxylic acids is 2. The smallest absolute Gasteiger partial charge is 0.224 e. The number of hydrogen-bond acceptors (Lipinski definition) is 3. The number of amides is 2. The first-order valence-corrected chi connectivity index (χ1v) is 7.87. The standard InChI is InChI=1S/C17H25N3O2.ClH/c1-14(21)19(12-15-5-3-2-4-6-15)10-8-17(22)20-9-7-16(11-18)13-20;/h2-6,16H,7-13,18H2,1H3;1H. The van der Waals surface area contributed by atoms with Crippen LogP contribution in [0.25, 0.3) is 0 Å². The molecule has 1 saturated heterocycles. The van der Waals surface area contributed by atoms with Crippen molar-refractivity contribution in [3.63, 3.8) is 0 Å². The van der Waals surface area contributed by atoms with Gasteiger partial charge >= 0.3 is 0 Å². The molecule has 0 aromatic heterocycles. The van der Waals surface area contributed by atoms with E-state index < -0.39 is 0 Å². The quantitative estimate of drug-likeness (QED) is 0.857. The number of nitrogens with zero attached hydrogens (tertiary/aromatic N) is 2. The van der Waals surface area contributed by atoms with Gasteiger partial charge in [0, 0.05) is 39.5 Å². The lowest BCUT2D eigenvalue weighted by Gasteiger charge is -2.23. The zero-order valence-corrected chi connectivity index (χ0v) is 14.4. The van der Waals surface area contributed by atoms with Crippen LogP contribution < -0.4 is 5.73 Å². The molecule has 0 radical (unpaired) electrons. The van der Waals surface area contributed by atoms with Crippen molar-refractivity contribution in [2.45, 2.75) is 26.3 Å². The van der Waals surface area contributed by atoms with Gasteiger partial charge in [0.1, 0.15) is 0 Å². The minimum absolute atomic E-state index is 0. The highest BCUT2D eigenvalue weighted by Gasteiger charge is 2.25. The van der Waals surface area contributed by atoms with Crippen molar-refractivity contribution in [2.75, 3.05) is 26.2 Å². The van der Waals surface area contributed by atoms with Gasteiger partial charge in [0.2, 0.25) is 11.8 Å². The Labute approximate surface area is 144 Å². The van der Waals surface area contributed by atoms with Crippen molar-refractivity contribution >= 4 is 24.2 Å². The largest absolute Gasteiger partial charge is 0.342 e. The third kappa shape index (κ3) is 5.84. The molecule has 2 N–H and O–H groups in total. The van der Waals surface area contributed by atoms with E-state index >= 15 is 0 Å². The minimum atomic E-state index is -0.00194. The second-order valence-corrected chi connectivity index (χ2v) is 5.91. The summed E-state index contributed by atoms with van der Waals surface area (Å²) in [6.45, 7) is 4.75. The summed E-state index contributed by atoms with van der Waals surface area (Å²) in [5.74, 6) is 0.547. The lowest BCUT2D eigenvalue weighted by atomic mass is 10.1. The molecule has 2 amide bonds. The molecule has 1 aliphatic rings. The number of halogens is 1. The molecule has 0 spiro atoms. The van der Waals surface area contributed by atoms with E-state index in [2.05, 4.69) is 0 Å². The molecular formula is C17H26ClN3O2. The van der Waals surface area contributed by atoms with Gasteiger partial charge in [0.15, 0.2) is 0 Å².